The molecule has 0 radical (unpaired) electrons. The smallest absolute Gasteiger partial charge is 0.357 e. The molecule has 1 aromatic heterocycles. The fourth-order valence-electron chi connectivity index (χ4n) is 2.74. The van der Waals surface area contributed by atoms with E-state index < -0.39 is 0 Å². The number of nitrogens with zero attached hydrogens (tertiary/aromatic N) is 3. The van der Waals surface area contributed by atoms with Gasteiger partial charge in [0.05, 0.1) is 7.11 Å². The Morgan fingerprint density at radius 1 is 1.60 bits per heavy atom. The van der Waals surface area contributed by atoms with Crippen LogP contribution in [0.1, 0.15) is 35.1 Å². The second kappa shape index (κ2) is 6.54. The van der Waals surface area contributed by atoms with Gasteiger partial charge in [0.2, 0.25) is 0 Å². The molecule has 0 bridgehead atoms. The number of aryl methyl sites for hydroxylation is 1. The average Bonchev–Trinajstić information content (AvgIpc) is 3.04. The van der Waals surface area contributed by atoms with Crippen LogP contribution in [0.15, 0.2) is 0 Å². The summed E-state index contributed by atoms with van der Waals surface area (Å²) in [5.41, 5.74) is 0.443. The molecule has 1 aromatic rings. The van der Waals surface area contributed by atoms with E-state index in [1.165, 1.54) is 26.5 Å². The van der Waals surface area contributed by atoms with E-state index in [0.29, 0.717) is 11.7 Å². The van der Waals surface area contributed by atoms with Crippen LogP contribution in [0.2, 0.25) is 0 Å². The molecule has 2 heterocycles. The highest BCUT2D eigenvalue weighted by Crippen LogP contribution is 2.27. The molecule has 1 atom stereocenters. The lowest BCUT2D eigenvalue weighted by atomic mass is 10.2. The van der Waals surface area contributed by atoms with Gasteiger partial charge in [0.1, 0.15) is 0 Å². The van der Waals surface area contributed by atoms with Crippen molar-refractivity contribution in [3.8, 4) is 0 Å². The van der Waals surface area contributed by atoms with Crippen molar-refractivity contribution in [2.75, 3.05) is 38.7 Å². The molecule has 0 aromatic carbocycles. The predicted octanol–water partition coefficient (Wildman–Crippen LogP) is 2.16. The molecule has 1 fully saturated rings. The van der Waals surface area contributed by atoms with Crippen LogP contribution in [0.3, 0.4) is 0 Å². The fourth-order valence-corrected chi connectivity index (χ4v) is 3.61. The summed E-state index contributed by atoms with van der Waals surface area (Å²) in [6.07, 6.45) is 2.52. The molecule has 5 nitrogen and oxygen atoms in total. The summed E-state index contributed by atoms with van der Waals surface area (Å²) in [6.45, 7) is 7.37. The van der Waals surface area contributed by atoms with Crippen molar-refractivity contribution >= 4 is 22.4 Å². The molecule has 0 aliphatic carbocycles. The molecule has 1 unspecified atom stereocenters. The topological polar surface area (TPSA) is 45.7 Å². The van der Waals surface area contributed by atoms with Gasteiger partial charge in [0, 0.05) is 24.5 Å². The molecular weight excluding hydrogens is 274 g/mol. The van der Waals surface area contributed by atoms with Crippen LogP contribution >= 0.6 is 11.3 Å². The Kier molecular flexibility index (Phi) is 4.99. The van der Waals surface area contributed by atoms with Crippen molar-refractivity contribution in [3.05, 3.63) is 10.6 Å². The first-order valence-corrected chi connectivity index (χ1v) is 7.89. The standard InChI is InChI=1S/C14H23N3O2S/c1-5-17-8-6-7-11(17)9-16(3)14-15-12(10(2)20-14)13(18)19-4/h11H,5-9H2,1-4H3. The second-order valence-electron chi connectivity index (χ2n) is 5.20. The number of likely N-dealkylation sites (tertiary alicyclic amines) is 1. The quantitative estimate of drug-likeness (QED) is 0.779. The Labute approximate surface area is 124 Å². The molecule has 1 aliphatic rings. The number of ether oxygens (including phenoxy) is 1. The van der Waals surface area contributed by atoms with Gasteiger partial charge in [0.15, 0.2) is 10.8 Å². The SMILES string of the molecule is CCN1CCCC1CN(C)c1nc(C(=O)OC)c(C)s1. The second-order valence-corrected chi connectivity index (χ2v) is 6.38. The van der Waals surface area contributed by atoms with Crippen LogP contribution in [0.4, 0.5) is 5.13 Å². The number of likely N-dealkylation sites (N-methyl/N-ethyl adjacent to an activating group) is 2. The minimum absolute atomic E-state index is 0.352. The van der Waals surface area contributed by atoms with Gasteiger partial charge >= 0.3 is 5.97 Å². The first-order chi connectivity index (χ1) is 9.56. The van der Waals surface area contributed by atoms with Crippen LogP contribution in [-0.4, -0.2) is 55.7 Å². The van der Waals surface area contributed by atoms with Gasteiger partial charge in [-0.15, -0.1) is 11.3 Å². The zero-order chi connectivity index (χ0) is 14.7. The van der Waals surface area contributed by atoms with Gasteiger partial charge in [-0.3, -0.25) is 4.90 Å². The lowest BCUT2D eigenvalue weighted by Crippen LogP contribution is -2.38. The van der Waals surface area contributed by atoms with Gasteiger partial charge in [-0.25, -0.2) is 9.78 Å². The lowest BCUT2D eigenvalue weighted by molar-refractivity contribution is 0.0594. The molecule has 6 heteroatoms. The van der Waals surface area contributed by atoms with Crippen molar-refractivity contribution < 1.29 is 9.53 Å². The van der Waals surface area contributed by atoms with Gasteiger partial charge in [-0.1, -0.05) is 6.92 Å². The van der Waals surface area contributed by atoms with Crippen molar-refractivity contribution in [3.63, 3.8) is 0 Å². The largest absolute Gasteiger partial charge is 0.464 e. The number of anilines is 1. The number of hydrogen-bond acceptors (Lipinski definition) is 6. The molecule has 1 aliphatic heterocycles. The summed E-state index contributed by atoms with van der Waals surface area (Å²) in [5, 5.41) is 0.894. The number of carbonyl (C=O) groups excluding carboxylic acids is 1. The maximum atomic E-state index is 11.6. The van der Waals surface area contributed by atoms with E-state index in [9.17, 15) is 4.79 Å². The molecule has 2 rings (SSSR count). The summed E-state index contributed by atoms with van der Waals surface area (Å²) < 4.78 is 4.76. The van der Waals surface area contributed by atoms with E-state index in [1.54, 1.807) is 11.3 Å². The van der Waals surface area contributed by atoms with E-state index in [2.05, 4.69) is 21.7 Å². The zero-order valence-electron chi connectivity index (χ0n) is 12.7. The Balaban J connectivity index is 2.06. The Morgan fingerprint density at radius 2 is 2.35 bits per heavy atom. The number of rotatable bonds is 5. The van der Waals surface area contributed by atoms with Crippen LogP contribution < -0.4 is 4.90 Å². The maximum Gasteiger partial charge on any atom is 0.357 e. The molecule has 112 valence electrons. The van der Waals surface area contributed by atoms with Gasteiger partial charge in [-0.05, 0) is 32.9 Å². The Bertz CT molecular complexity index is 475. The minimum atomic E-state index is -0.352. The van der Waals surface area contributed by atoms with E-state index in [0.717, 1.165) is 23.1 Å². The van der Waals surface area contributed by atoms with Gasteiger partial charge in [-0.2, -0.15) is 0 Å². The number of aromatic nitrogens is 1. The molecular formula is C14H23N3O2S. The number of methoxy groups -OCH3 is 1. The first kappa shape index (κ1) is 15.3. The minimum Gasteiger partial charge on any atom is -0.464 e. The van der Waals surface area contributed by atoms with E-state index in [-0.39, 0.29) is 5.97 Å². The fraction of sp³-hybridized carbons (Fsp3) is 0.714. The summed E-state index contributed by atoms with van der Waals surface area (Å²) in [4.78, 5) is 21.6. The van der Waals surface area contributed by atoms with Crippen molar-refractivity contribution in [1.82, 2.24) is 9.88 Å². The van der Waals surface area contributed by atoms with Crippen molar-refractivity contribution in [2.24, 2.45) is 0 Å². The van der Waals surface area contributed by atoms with Crippen molar-refractivity contribution in [1.29, 1.82) is 0 Å². The van der Waals surface area contributed by atoms with E-state index in [1.807, 2.05) is 14.0 Å². The Morgan fingerprint density at radius 3 is 3.00 bits per heavy atom. The van der Waals surface area contributed by atoms with E-state index in [4.69, 9.17) is 4.74 Å². The third-order valence-corrected chi connectivity index (χ3v) is 4.97. The lowest BCUT2D eigenvalue weighted by Gasteiger charge is -2.27. The van der Waals surface area contributed by atoms with Gasteiger partial charge < -0.3 is 9.64 Å². The highest BCUT2D eigenvalue weighted by Gasteiger charge is 2.25. The average molecular weight is 297 g/mol. The van der Waals surface area contributed by atoms with Crippen LogP contribution in [0.25, 0.3) is 0 Å². The monoisotopic (exact) mass is 297 g/mol. The highest BCUT2D eigenvalue weighted by atomic mass is 32.1. The van der Waals surface area contributed by atoms with E-state index >= 15 is 0 Å². The molecule has 0 spiro atoms. The molecule has 20 heavy (non-hydrogen) atoms. The third-order valence-electron chi connectivity index (χ3n) is 3.88. The van der Waals surface area contributed by atoms with Crippen LogP contribution in [0, 0.1) is 6.92 Å². The number of carbonyl (C=O) groups is 1. The third kappa shape index (κ3) is 3.12. The highest BCUT2D eigenvalue weighted by molar-refractivity contribution is 7.15. The zero-order valence-corrected chi connectivity index (χ0v) is 13.5. The number of hydrogen-bond donors (Lipinski definition) is 0. The molecule has 0 saturated carbocycles. The normalized spacial score (nSPS) is 19.3. The predicted molar refractivity (Wildman–Crippen MR) is 81.7 cm³/mol. The summed E-state index contributed by atoms with van der Waals surface area (Å²) >= 11 is 1.55. The van der Waals surface area contributed by atoms with Crippen molar-refractivity contribution in [2.45, 2.75) is 32.7 Å². The van der Waals surface area contributed by atoms with Crippen LogP contribution in [0.5, 0.6) is 0 Å². The molecule has 1 saturated heterocycles. The molecule has 0 amide bonds. The van der Waals surface area contributed by atoms with Crippen LogP contribution in [-0.2, 0) is 4.74 Å². The van der Waals surface area contributed by atoms with Gasteiger partial charge in [0.25, 0.3) is 0 Å². The summed E-state index contributed by atoms with van der Waals surface area (Å²) in [7, 11) is 3.44. The summed E-state index contributed by atoms with van der Waals surface area (Å²) in [6, 6.07) is 0.593. The number of thiazole rings is 1. The maximum absolute atomic E-state index is 11.6. The number of esters is 1. The first-order valence-electron chi connectivity index (χ1n) is 7.07. The molecule has 0 N–H and O–H groups in total. The Hall–Kier alpha value is -1.14. The summed E-state index contributed by atoms with van der Waals surface area (Å²) in [5.74, 6) is -0.352.